The van der Waals surface area contributed by atoms with E-state index < -0.39 is 35.3 Å². The Balaban J connectivity index is 0.000000229. The van der Waals surface area contributed by atoms with Gasteiger partial charge in [0.2, 0.25) is 0 Å². The van der Waals surface area contributed by atoms with Crippen LogP contribution in [0.15, 0.2) is 60.7 Å². The lowest BCUT2D eigenvalue weighted by Crippen LogP contribution is -2.14. The first kappa shape index (κ1) is 24.8. The Kier molecular flexibility index (Phi) is 6.73. The summed E-state index contributed by atoms with van der Waals surface area (Å²) < 4.78 is 76.0. The molecule has 0 amide bonds. The van der Waals surface area contributed by atoms with Crippen LogP contribution in [0.1, 0.15) is 21.7 Å². The molecule has 6 nitrogen and oxygen atoms in total. The predicted octanol–water partition coefficient (Wildman–Crippen LogP) is 7.16. The van der Waals surface area contributed by atoms with Crippen molar-refractivity contribution < 1.29 is 36.2 Å². The number of halogens is 7. The molecule has 0 unspecified atom stereocenters. The second-order valence-corrected chi connectivity index (χ2v) is 7.09. The minimum Gasteiger partial charge on any atom is -0.698 e. The van der Waals surface area contributed by atoms with E-state index in [9.17, 15) is 31.1 Å². The smallest absolute Gasteiger partial charge is 0.433 e. The summed E-state index contributed by atoms with van der Waals surface area (Å²) in [4.78, 5) is 15.0. The molecule has 2 aromatic carbocycles. The second kappa shape index (κ2) is 9.21. The van der Waals surface area contributed by atoms with E-state index in [0.29, 0.717) is 16.1 Å². The van der Waals surface area contributed by atoms with Gasteiger partial charge >= 0.3 is 18.3 Å². The van der Waals surface area contributed by atoms with Gasteiger partial charge in [0.25, 0.3) is 0 Å². The first-order valence-corrected chi connectivity index (χ1v) is 9.50. The van der Waals surface area contributed by atoms with Crippen molar-refractivity contribution in [3.8, 4) is 11.3 Å². The summed E-state index contributed by atoms with van der Waals surface area (Å²) in [6.07, 6.45) is -9.09. The van der Waals surface area contributed by atoms with Crippen LogP contribution in [-0.2, 0) is 12.4 Å². The Morgan fingerprint density at radius 3 is 2.12 bits per heavy atom. The average Bonchev–Trinajstić information content (AvgIpc) is 3.19. The van der Waals surface area contributed by atoms with Gasteiger partial charge < -0.3 is 10.8 Å². The summed E-state index contributed by atoms with van der Waals surface area (Å²) in [6, 6.07) is 12.8. The fourth-order valence-electron chi connectivity index (χ4n) is 2.74. The van der Waals surface area contributed by atoms with Crippen molar-refractivity contribution in [2.75, 3.05) is 0 Å². The van der Waals surface area contributed by atoms with Gasteiger partial charge in [0.15, 0.2) is 17.0 Å². The molecular formula is C21H12ClF6N4O2-. The Labute approximate surface area is 192 Å². The number of carbonyl (C=O) groups is 1. The SMILES string of the molecule is O=C(O)c1cc2nc(-c3ccccc3)cc(C(F)(F)F)n2n1.[NH-]c1cc(C(F)(F)F)ccc1Cl. The van der Waals surface area contributed by atoms with Crippen molar-refractivity contribution in [3.05, 3.63) is 88.4 Å². The number of nitrogens with zero attached hydrogens (tertiary/aromatic N) is 3. The highest BCUT2D eigenvalue weighted by Crippen LogP contribution is 2.34. The summed E-state index contributed by atoms with van der Waals surface area (Å²) in [5, 5.41) is 12.3. The highest BCUT2D eigenvalue weighted by Gasteiger charge is 2.35. The molecule has 178 valence electrons. The third-order valence-electron chi connectivity index (χ3n) is 4.30. The third kappa shape index (κ3) is 5.57. The first-order chi connectivity index (χ1) is 15.8. The quantitative estimate of drug-likeness (QED) is 0.295. The molecule has 0 radical (unpaired) electrons. The number of rotatable bonds is 2. The molecule has 0 aliphatic heterocycles. The standard InChI is InChI=1S/C14H8F3N3O2.C7H4ClF3N/c15-14(16,17)11-6-9(8-4-2-1-3-5-8)18-12-7-10(13(21)22)19-20(11)12;8-5-2-1-4(3-6(5)12)7(9,10)11/h1-7H,(H,21,22);1-3,12H/q;-1. The lowest BCUT2D eigenvalue weighted by molar-refractivity contribution is -0.142. The molecule has 34 heavy (non-hydrogen) atoms. The van der Waals surface area contributed by atoms with Gasteiger partial charge in [0, 0.05) is 16.7 Å². The maximum Gasteiger partial charge on any atom is 0.433 e. The highest BCUT2D eigenvalue weighted by molar-refractivity contribution is 6.33. The minimum atomic E-state index is -4.69. The number of benzene rings is 2. The summed E-state index contributed by atoms with van der Waals surface area (Å²) in [7, 11) is 0. The summed E-state index contributed by atoms with van der Waals surface area (Å²) in [5.41, 5.74) is 4.68. The zero-order valence-corrected chi connectivity index (χ0v) is 17.4. The van der Waals surface area contributed by atoms with Crippen LogP contribution in [0.5, 0.6) is 0 Å². The van der Waals surface area contributed by atoms with Gasteiger partial charge in [-0.15, -0.1) is 5.69 Å². The Morgan fingerprint density at radius 1 is 0.941 bits per heavy atom. The Bertz CT molecular complexity index is 1340. The molecule has 0 aliphatic carbocycles. The maximum absolute atomic E-state index is 13.2. The summed E-state index contributed by atoms with van der Waals surface area (Å²) in [5.74, 6) is -1.42. The van der Waals surface area contributed by atoms with Crippen LogP contribution in [0.25, 0.3) is 22.6 Å². The van der Waals surface area contributed by atoms with E-state index in [1.54, 1.807) is 30.3 Å². The van der Waals surface area contributed by atoms with E-state index >= 15 is 0 Å². The monoisotopic (exact) mass is 501 g/mol. The van der Waals surface area contributed by atoms with Crippen LogP contribution >= 0.6 is 11.6 Å². The van der Waals surface area contributed by atoms with Crippen molar-refractivity contribution in [2.24, 2.45) is 0 Å². The Morgan fingerprint density at radius 2 is 1.59 bits per heavy atom. The van der Waals surface area contributed by atoms with E-state index in [4.69, 9.17) is 22.4 Å². The van der Waals surface area contributed by atoms with Crippen LogP contribution in [0.4, 0.5) is 32.0 Å². The van der Waals surface area contributed by atoms with Gasteiger partial charge in [0.05, 0.1) is 11.3 Å². The lowest BCUT2D eigenvalue weighted by atomic mass is 10.1. The molecule has 2 heterocycles. The molecule has 4 rings (SSSR count). The number of alkyl halides is 6. The highest BCUT2D eigenvalue weighted by atomic mass is 35.5. The number of fused-ring (bicyclic) bond motifs is 1. The van der Waals surface area contributed by atoms with Gasteiger partial charge in [-0.25, -0.2) is 14.3 Å². The van der Waals surface area contributed by atoms with Crippen LogP contribution in [-0.4, -0.2) is 25.7 Å². The van der Waals surface area contributed by atoms with Crippen molar-refractivity contribution in [2.45, 2.75) is 12.4 Å². The number of carboxylic acid groups (broad SMARTS) is 1. The molecule has 4 aromatic rings. The topological polar surface area (TPSA) is 91.3 Å². The number of aromatic nitrogens is 3. The normalized spacial score (nSPS) is 11.7. The van der Waals surface area contributed by atoms with E-state index in [0.717, 1.165) is 24.3 Å². The van der Waals surface area contributed by atoms with Crippen molar-refractivity contribution in [3.63, 3.8) is 0 Å². The van der Waals surface area contributed by atoms with Crippen molar-refractivity contribution in [1.82, 2.24) is 14.6 Å². The van der Waals surface area contributed by atoms with Crippen LogP contribution < -0.4 is 0 Å². The molecule has 0 saturated heterocycles. The lowest BCUT2D eigenvalue weighted by Gasteiger charge is -2.11. The van der Waals surface area contributed by atoms with Crippen LogP contribution in [0.2, 0.25) is 5.02 Å². The molecular weight excluding hydrogens is 490 g/mol. The first-order valence-electron chi connectivity index (χ1n) is 9.12. The molecule has 0 saturated carbocycles. The fraction of sp³-hybridized carbons (Fsp3) is 0.0952. The molecule has 2 aromatic heterocycles. The molecule has 13 heteroatoms. The maximum atomic E-state index is 13.2. The predicted molar refractivity (Wildman–Crippen MR) is 111 cm³/mol. The molecule has 0 atom stereocenters. The number of aromatic carboxylic acids is 1. The molecule has 0 fully saturated rings. The van der Waals surface area contributed by atoms with Gasteiger partial charge in [0.1, 0.15) is 0 Å². The van der Waals surface area contributed by atoms with Gasteiger partial charge in [-0.1, -0.05) is 48.0 Å². The Hall–Kier alpha value is -3.80. The van der Waals surface area contributed by atoms with Crippen molar-refractivity contribution >= 4 is 28.9 Å². The molecule has 0 bridgehead atoms. The number of hydrogen-bond acceptors (Lipinski definition) is 3. The van der Waals surface area contributed by atoms with E-state index in [-0.39, 0.29) is 22.1 Å². The van der Waals surface area contributed by atoms with E-state index in [1.165, 1.54) is 0 Å². The van der Waals surface area contributed by atoms with Gasteiger partial charge in [-0.05, 0) is 18.2 Å². The van der Waals surface area contributed by atoms with E-state index in [2.05, 4.69) is 10.1 Å². The summed E-state index contributed by atoms with van der Waals surface area (Å²) in [6.45, 7) is 0. The van der Waals surface area contributed by atoms with Gasteiger partial charge in [-0.2, -0.15) is 31.4 Å². The van der Waals surface area contributed by atoms with E-state index in [1.807, 2.05) is 0 Å². The van der Waals surface area contributed by atoms with Crippen molar-refractivity contribution in [1.29, 1.82) is 0 Å². The number of carboxylic acids is 1. The van der Waals surface area contributed by atoms with Crippen LogP contribution in [0.3, 0.4) is 0 Å². The van der Waals surface area contributed by atoms with Crippen LogP contribution in [0, 0.1) is 0 Å². The zero-order chi connectivity index (χ0) is 25.3. The van der Waals surface area contributed by atoms with Gasteiger partial charge in [-0.3, -0.25) is 0 Å². The summed E-state index contributed by atoms with van der Waals surface area (Å²) >= 11 is 5.38. The fourth-order valence-corrected chi connectivity index (χ4v) is 2.86. The number of hydrogen-bond donors (Lipinski definition) is 1. The third-order valence-corrected chi connectivity index (χ3v) is 4.63. The molecule has 0 aliphatic rings. The number of nitrogens with one attached hydrogen (secondary N) is 1. The largest absolute Gasteiger partial charge is 0.698 e. The second-order valence-electron chi connectivity index (χ2n) is 6.69. The zero-order valence-electron chi connectivity index (χ0n) is 16.6. The average molecular weight is 502 g/mol. The minimum absolute atomic E-state index is 0.0167. The molecule has 2 N–H and O–H groups in total. The molecule has 0 spiro atoms.